The number of fused-ring (bicyclic) bond motifs is 1. The number of hydrogen-bond acceptors (Lipinski definition) is 3. The van der Waals surface area contributed by atoms with Crippen LogP contribution in [0.5, 0.6) is 0 Å². The van der Waals surface area contributed by atoms with Gasteiger partial charge in [0.05, 0.1) is 12.8 Å². The van der Waals surface area contributed by atoms with Crippen LogP contribution in [0.15, 0.2) is 41.3 Å². The van der Waals surface area contributed by atoms with E-state index in [0.29, 0.717) is 5.76 Å². The lowest BCUT2D eigenvalue weighted by molar-refractivity contribution is -0.684. The highest BCUT2D eigenvalue weighted by Crippen LogP contribution is 2.18. The van der Waals surface area contributed by atoms with E-state index in [-0.39, 0.29) is 19.0 Å². The summed E-state index contributed by atoms with van der Waals surface area (Å²) in [6.45, 7) is 0.375. The van der Waals surface area contributed by atoms with Gasteiger partial charge in [0.25, 0.3) is 5.91 Å². The number of pyridine rings is 1. The molecule has 2 aromatic heterocycles. The maximum absolute atomic E-state index is 11.9. The molecule has 3 amide bonds. The predicted octanol–water partition coefficient (Wildman–Crippen LogP) is 1.47. The van der Waals surface area contributed by atoms with Gasteiger partial charge in [-0.3, -0.25) is 10.1 Å². The Balaban J connectivity index is 1.49. The monoisotopic (exact) mass is 314 g/mol. The highest BCUT2D eigenvalue weighted by atomic mass is 16.3. The summed E-state index contributed by atoms with van der Waals surface area (Å²) in [4.78, 5) is 23.6. The van der Waals surface area contributed by atoms with Crippen LogP contribution >= 0.6 is 0 Å². The van der Waals surface area contributed by atoms with Crippen LogP contribution in [0.3, 0.4) is 0 Å². The third-order valence-corrected chi connectivity index (χ3v) is 3.93. The summed E-state index contributed by atoms with van der Waals surface area (Å²) in [7, 11) is 0. The van der Waals surface area contributed by atoms with E-state index in [2.05, 4.69) is 16.7 Å². The van der Waals surface area contributed by atoms with E-state index in [1.807, 2.05) is 17.0 Å². The van der Waals surface area contributed by atoms with Crippen molar-refractivity contribution in [1.29, 1.82) is 0 Å². The van der Waals surface area contributed by atoms with Gasteiger partial charge in [-0.25, -0.2) is 4.79 Å². The summed E-state index contributed by atoms with van der Waals surface area (Å²) < 4.78 is 6.92. The fourth-order valence-corrected chi connectivity index (χ4v) is 2.77. The highest BCUT2D eigenvalue weighted by molar-refractivity contribution is 5.93. The molecule has 2 heterocycles. The summed E-state index contributed by atoms with van der Waals surface area (Å²) >= 11 is 0. The van der Waals surface area contributed by atoms with Crippen molar-refractivity contribution in [2.24, 2.45) is 0 Å². The number of nitrogens with zero attached hydrogens (tertiary/aromatic N) is 1. The molecule has 0 bridgehead atoms. The molecule has 3 rings (SSSR count). The zero-order chi connectivity index (χ0) is 16.1. The van der Waals surface area contributed by atoms with Gasteiger partial charge in [0.2, 0.25) is 6.54 Å². The first-order valence-corrected chi connectivity index (χ1v) is 7.81. The Kier molecular flexibility index (Phi) is 4.71. The molecule has 120 valence electrons. The molecule has 0 radical (unpaired) electrons. The summed E-state index contributed by atoms with van der Waals surface area (Å²) in [5.74, 6) is 0.291. The van der Waals surface area contributed by atoms with E-state index in [4.69, 9.17) is 4.42 Å². The lowest BCUT2D eigenvalue weighted by Crippen LogP contribution is -2.47. The molecule has 0 aromatic carbocycles. The summed E-state index contributed by atoms with van der Waals surface area (Å²) in [5.41, 5.74) is 2.66. The van der Waals surface area contributed by atoms with Crippen molar-refractivity contribution in [2.75, 3.05) is 0 Å². The van der Waals surface area contributed by atoms with Gasteiger partial charge in [-0.05, 0) is 43.4 Å². The Bertz CT molecular complexity index is 695. The number of carbonyl (C=O) groups excluding carboxylic acids is 2. The molecular weight excluding hydrogens is 294 g/mol. The fraction of sp³-hybridized carbons (Fsp3) is 0.353. The van der Waals surface area contributed by atoms with Gasteiger partial charge in [-0.2, -0.15) is 4.57 Å². The number of rotatable bonds is 4. The van der Waals surface area contributed by atoms with E-state index < -0.39 is 6.03 Å². The molecule has 0 fully saturated rings. The third-order valence-electron chi connectivity index (χ3n) is 3.93. The molecule has 0 saturated heterocycles. The van der Waals surface area contributed by atoms with E-state index in [1.165, 1.54) is 30.2 Å². The van der Waals surface area contributed by atoms with Crippen molar-refractivity contribution in [3.63, 3.8) is 0 Å². The summed E-state index contributed by atoms with van der Waals surface area (Å²) in [6, 6.07) is 5.04. The smallest absolute Gasteiger partial charge is 0.322 e. The highest BCUT2D eigenvalue weighted by Gasteiger charge is 2.17. The molecule has 0 unspecified atom stereocenters. The minimum Gasteiger partial charge on any atom is -0.467 e. The van der Waals surface area contributed by atoms with Crippen LogP contribution < -0.4 is 15.2 Å². The quantitative estimate of drug-likeness (QED) is 0.839. The van der Waals surface area contributed by atoms with Gasteiger partial charge >= 0.3 is 6.03 Å². The first-order valence-electron chi connectivity index (χ1n) is 7.81. The minimum atomic E-state index is -0.523. The number of amides is 3. The van der Waals surface area contributed by atoms with Crippen molar-refractivity contribution in [3.05, 3.63) is 53.7 Å². The fourth-order valence-electron chi connectivity index (χ4n) is 2.77. The van der Waals surface area contributed by atoms with E-state index in [0.717, 1.165) is 12.8 Å². The first kappa shape index (κ1) is 15.3. The van der Waals surface area contributed by atoms with Gasteiger partial charge < -0.3 is 9.73 Å². The number of hydrogen-bond donors (Lipinski definition) is 2. The summed E-state index contributed by atoms with van der Waals surface area (Å²) in [5, 5.41) is 4.90. The molecule has 0 aliphatic heterocycles. The topological polar surface area (TPSA) is 75.2 Å². The Morgan fingerprint density at radius 3 is 2.78 bits per heavy atom. The van der Waals surface area contributed by atoms with Crippen LogP contribution in [0.1, 0.15) is 29.7 Å². The normalized spacial score (nSPS) is 13.2. The Morgan fingerprint density at radius 1 is 1.17 bits per heavy atom. The lowest BCUT2D eigenvalue weighted by atomic mass is 9.93. The standard InChI is InChI=1S/C17H19N3O3/c21-16(19-17(22)18-10-15-6-3-9-23-15)12-20-8-7-13-4-1-2-5-14(13)11-20/h3,6-9,11H,1-2,4-5,10,12H2,(H-,18,19,21,22)/p+1. The first-order chi connectivity index (χ1) is 11.2. The van der Waals surface area contributed by atoms with Crippen LogP contribution in [0.4, 0.5) is 4.79 Å². The molecule has 0 atom stereocenters. The van der Waals surface area contributed by atoms with Gasteiger partial charge in [0.15, 0.2) is 12.4 Å². The predicted molar refractivity (Wildman–Crippen MR) is 82.4 cm³/mol. The van der Waals surface area contributed by atoms with Crippen LogP contribution in [0.25, 0.3) is 0 Å². The van der Waals surface area contributed by atoms with Gasteiger partial charge in [0, 0.05) is 11.6 Å². The minimum absolute atomic E-state index is 0.126. The number of carbonyl (C=O) groups is 2. The Hall–Kier alpha value is -2.63. The van der Waals surface area contributed by atoms with Crippen LogP contribution in [-0.4, -0.2) is 11.9 Å². The average Bonchev–Trinajstić information content (AvgIpc) is 3.06. The zero-order valence-electron chi connectivity index (χ0n) is 12.9. The SMILES string of the molecule is O=C(C[n+]1ccc2c(c1)CCCC2)NC(=O)NCc1ccco1. The van der Waals surface area contributed by atoms with Gasteiger partial charge in [0.1, 0.15) is 5.76 Å². The molecule has 0 saturated carbocycles. The molecule has 1 aliphatic rings. The molecule has 23 heavy (non-hydrogen) atoms. The summed E-state index contributed by atoms with van der Waals surface area (Å²) in [6.07, 6.45) is 10.0. The maximum Gasteiger partial charge on any atom is 0.322 e. The number of aromatic nitrogens is 1. The van der Waals surface area contributed by atoms with Gasteiger partial charge in [-0.1, -0.05) is 0 Å². The van der Waals surface area contributed by atoms with Crippen molar-refractivity contribution in [3.8, 4) is 0 Å². The average molecular weight is 314 g/mol. The number of nitrogens with one attached hydrogen (secondary N) is 2. The molecule has 2 aromatic rings. The number of aryl methyl sites for hydroxylation is 2. The second-order valence-electron chi connectivity index (χ2n) is 5.68. The molecule has 6 nitrogen and oxygen atoms in total. The second kappa shape index (κ2) is 7.09. The zero-order valence-corrected chi connectivity index (χ0v) is 12.9. The molecule has 1 aliphatic carbocycles. The maximum atomic E-state index is 11.9. The van der Waals surface area contributed by atoms with E-state index in [9.17, 15) is 9.59 Å². The number of urea groups is 1. The van der Waals surface area contributed by atoms with Crippen LogP contribution in [-0.2, 0) is 30.7 Å². The Morgan fingerprint density at radius 2 is 2.00 bits per heavy atom. The molecular formula is C17H20N3O3+. The van der Waals surface area contributed by atoms with Crippen molar-refractivity contribution in [1.82, 2.24) is 10.6 Å². The van der Waals surface area contributed by atoms with E-state index in [1.54, 1.807) is 12.1 Å². The van der Waals surface area contributed by atoms with Crippen molar-refractivity contribution in [2.45, 2.75) is 38.8 Å². The lowest BCUT2D eigenvalue weighted by Gasteiger charge is -2.13. The molecule has 2 N–H and O–H groups in total. The number of furan rings is 1. The van der Waals surface area contributed by atoms with Gasteiger partial charge in [-0.15, -0.1) is 0 Å². The number of imide groups is 1. The Labute approximate surface area is 134 Å². The van der Waals surface area contributed by atoms with Crippen molar-refractivity contribution >= 4 is 11.9 Å². The van der Waals surface area contributed by atoms with Crippen LogP contribution in [0, 0.1) is 0 Å². The van der Waals surface area contributed by atoms with Crippen LogP contribution in [0.2, 0.25) is 0 Å². The molecule has 0 spiro atoms. The largest absolute Gasteiger partial charge is 0.467 e. The third kappa shape index (κ3) is 4.18. The molecule has 6 heteroatoms. The van der Waals surface area contributed by atoms with E-state index >= 15 is 0 Å². The van der Waals surface area contributed by atoms with Crippen molar-refractivity contribution < 1.29 is 18.6 Å². The second-order valence-corrected chi connectivity index (χ2v) is 5.68.